The second kappa shape index (κ2) is 7.63. The third kappa shape index (κ3) is 4.73. The van der Waals surface area contributed by atoms with Gasteiger partial charge in [-0.15, -0.1) is 0 Å². The fraction of sp³-hybridized carbons (Fsp3) is 0.611. The van der Waals surface area contributed by atoms with Crippen molar-refractivity contribution in [3.05, 3.63) is 29.8 Å². The van der Waals surface area contributed by atoms with Gasteiger partial charge in [-0.2, -0.15) is 0 Å². The van der Waals surface area contributed by atoms with E-state index in [0.29, 0.717) is 6.04 Å². The summed E-state index contributed by atoms with van der Waals surface area (Å²) in [5.74, 6) is 0.0943. The molecule has 1 aromatic rings. The van der Waals surface area contributed by atoms with Crippen LogP contribution in [0.2, 0.25) is 0 Å². The van der Waals surface area contributed by atoms with Gasteiger partial charge in [-0.1, -0.05) is 12.1 Å². The highest BCUT2D eigenvalue weighted by Gasteiger charge is 2.26. The largest absolute Gasteiger partial charge is 0.491 e. The van der Waals surface area contributed by atoms with Crippen LogP contribution in [0.1, 0.15) is 58.1 Å². The van der Waals surface area contributed by atoms with Crippen LogP contribution in [0.3, 0.4) is 0 Å². The van der Waals surface area contributed by atoms with E-state index in [0.717, 1.165) is 31.4 Å². The third-order valence-electron chi connectivity index (χ3n) is 4.29. The molecule has 0 bridgehead atoms. The Morgan fingerprint density at radius 1 is 1.23 bits per heavy atom. The number of nitrogens with one attached hydrogen (secondary N) is 1. The van der Waals surface area contributed by atoms with Gasteiger partial charge in [0.25, 0.3) is 0 Å². The number of hydrogen-bond donors (Lipinski definition) is 2. The molecule has 1 fully saturated rings. The van der Waals surface area contributed by atoms with E-state index in [1.807, 2.05) is 26.0 Å². The molecule has 0 radical (unpaired) electrons. The first-order valence-electron chi connectivity index (χ1n) is 8.21. The van der Waals surface area contributed by atoms with Crippen molar-refractivity contribution >= 4 is 5.97 Å². The van der Waals surface area contributed by atoms with Gasteiger partial charge in [-0.05, 0) is 64.2 Å². The fourth-order valence-electron chi connectivity index (χ4n) is 3.09. The van der Waals surface area contributed by atoms with Gasteiger partial charge in [0.05, 0.1) is 12.0 Å². The van der Waals surface area contributed by atoms with E-state index < -0.39 is 5.97 Å². The van der Waals surface area contributed by atoms with Crippen molar-refractivity contribution in [1.82, 2.24) is 5.32 Å². The lowest BCUT2D eigenvalue weighted by molar-refractivity contribution is -0.142. The first-order valence-corrected chi connectivity index (χ1v) is 8.21. The molecule has 2 rings (SSSR count). The average Bonchev–Trinajstić information content (AvgIpc) is 2.47. The quantitative estimate of drug-likeness (QED) is 0.840. The van der Waals surface area contributed by atoms with E-state index in [1.165, 1.54) is 5.56 Å². The van der Waals surface area contributed by atoms with E-state index >= 15 is 0 Å². The van der Waals surface area contributed by atoms with Crippen LogP contribution in [0.4, 0.5) is 0 Å². The number of rotatable bonds is 6. The van der Waals surface area contributed by atoms with Gasteiger partial charge < -0.3 is 15.2 Å². The fourth-order valence-corrected chi connectivity index (χ4v) is 3.09. The molecule has 22 heavy (non-hydrogen) atoms. The smallest absolute Gasteiger partial charge is 0.306 e. The van der Waals surface area contributed by atoms with E-state index in [4.69, 9.17) is 9.84 Å². The molecular formula is C18H27NO3. The van der Waals surface area contributed by atoms with E-state index in [-0.39, 0.29) is 18.1 Å². The summed E-state index contributed by atoms with van der Waals surface area (Å²) < 4.78 is 5.74. The Morgan fingerprint density at radius 2 is 1.91 bits per heavy atom. The van der Waals surface area contributed by atoms with Crippen molar-refractivity contribution in [1.29, 1.82) is 0 Å². The molecule has 1 aromatic carbocycles. The van der Waals surface area contributed by atoms with Gasteiger partial charge in [-0.3, -0.25) is 4.79 Å². The molecule has 4 heteroatoms. The van der Waals surface area contributed by atoms with Crippen molar-refractivity contribution in [2.45, 2.75) is 64.6 Å². The Hall–Kier alpha value is -1.55. The molecule has 0 amide bonds. The number of benzene rings is 1. The second-order valence-corrected chi connectivity index (χ2v) is 6.51. The van der Waals surface area contributed by atoms with Crippen molar-refractivity contribution in [2.24, 2.45) is 5.92 Å². The second-order valence-electron chi connectivity index (χ2n) is 6.51. The summed E-state index contributed by atoms with van der Waals surface area (Å²) >= 11 is 0. The van der Waals surface area contributed by atoms with Gasteiger partial charge >= 0.3 is 5.97 Å². The summed E-state index contributed by atoms with van der Waals surface area (Å²) in [4.78, 5) is 11.0. The maximum atomic E-state index is 11.0. The first-order chi connectivity index (χ1) is 10.5. The van der Waals surface area contributed by atoms with Crippen LogP contribution in [-0.2, 0) is 4.79 Å². The molecular weight excluding hydrogens is 278 g/mol. The summed E-state index contributed by atoms with van der Waals surface area (Å²) in [7, 11) is 0. The zero-order valence-electron chi connectivity index (χ0n) is 13.7. The summed E-state index contributed by atoms with van der Waals surface area (Å²) in [5.41, 5.74) is 1.21. The topological polar surface area (TPSA) is 58.6 Å². The third-order valence-corrected chi connectivity index (χ3v) is 4.29. The van der Waals surface area contributed by atoms with E-state index in [1.54, 1.807) is 0 Å². The molecule has 1 unspecified atom stereocenters. The molecule has 0 heterocycles. The van der Waals surface area contributed by atoms with Crippen molar-refractivity contribution in [2.75, 3.05) is 0 Å². The standard InChI is InChI=1S/C18H27NO3/c1-12(2)22-17-6-4-5-15(11-17)13(3)19-16-9-7-14(8-10-16)18(20)21/h4-6,11-14,16,19H,7-10H2,1-3H3,(H,20,21). The zero-order valence-corrected chi connectivity index (χ0v) is 13.7. The lowest BCUT2D eigenvalue weighted by atomic mass is 9.85. The van der Waals surface area contributed by atoms with Crippen molar-refractivity contribution in [3.8, 4) is 5.75 Å². The maximum Gasteiger partial charge on any atom is 0.306 e. The van der Waals surface area contributed by atoms with Gasteiger partial charge in [0.2, 0.25) is 0 Å². The summed E-state index contributed by atoms with van der Waals surface area (Å²) in [6, 6.07) is 8.83. The average molecular weight is 305 g/mol. The molecule has 1 saturated carbocycles. The van der Waals surface area contributed by atoms with Crippen molar-refractivity contribution in [3.63, 3.8) is 0 Å². The number of carbonyl (C=O) groups is 1. The lowest BCUT2D eigenvalue weighted by Crippen LogP contribution is -2.36. The molecule has 0 saturated heterocycles. The molecule has 0 spiro atoms. The normalized spacial score (nSPS) is 23.3. The Balaban J connectivity index is 1.90. The number of aliphatic carboxylic acids is 1. The molecule has 1 atom stereocenters. The highest BCUT2D eigenvalue weighted by Crippen LogP contribution is 2.27. The predicted molar refractivity (Wildman–Crippen MR) is 87.1 cm³/mol. The minimum Gasteiger partial charge on any atom is -0.491 e. The predicted octanol–water partition coefficient (Wildman–Crippen LogP) is 3.77. The maximum absolute atomic E-state index is 11.0. The number of carboxylic acids is 1. The Bertz CT molecular complexity index is 493. The van der Waals surface area contributed by atoms with Crippen LogP contribution in [0, 0.1) is 5.92 Å². The monoisotopic (exact) mass is 305 g/mol. The summed E-state index contributed by atoms with van der Waals surface area (Å²) in [6.07, 6.45) is 3.59. The molecule has 2 N–H and O–H groups in total. The van der Waals surface area contributed by atoms with E-state index in [9.17, 15) is 4.79 Å². The van der Waals surface area contributed by atoms with Gasteiger partial charge in [0.15, 0.2) is 0 Å². The first kappa shape index (κ1) is 16.8. The number of hydrogen-bond acceptors (Lipinski definition) is 3. The number of ether oxygens (including phenoxy) is 1. The van der Waals surface area contributed by atoms with E-state index in [2.05, 4.69) is 24.4 Å². The van der Waals surface area contributed by atoms with Crippen LogP contribution in [0.25, 0.3) is 0 Å². The van der Waals surface area contributed by atoms with Crippen LogP contribution in [0.5, 0.6) is 5.75 Å². The lowest BCUT2D eigenvalue weighted by Gasteiger charge is -2.29. The van der Waals surface area contributed by atoms with Gasteiger partial charge in [0, 0.05) is 12.1 Å². The molecule has 0 aliphatic heterocycles. The van der Waals surface area contributed by atoms with Gasteiger partial charge in [0.1, 0.15) is 5.75 Å². The summed E-state index contributed by atoms with van der Waals surface area (Å²) in [5, 5.41) is 12.7. The minimum atomic E-state index is -0.648. The molecule has 1 aliphatic rings. The van der Waals surface area contributed by atoms with Crippen LogP contribution >= 0.6 is 0 Å². The Labute approximate surface area is 132 Å². The van der Waals surface area contributed by atoms with Crippen LogP contribution < -0.4 is 10.1 Å². The summed E-state index contributed by atoms with van der Waals surface area (Å²) in [6.45, 7) is 6.20. The highest BCUT2D eigenvalue weighted by atomic mass is 16.5. The Morgan fingerprint density at radius 3 is 2.50 bits per heavy atom. The molecule has 1 aliphatic carbocycles. The van der Waals surface area contributed by atoms with Gasteiger partial charge in [-0.25, -0.2) is 0 Å². The number of carboxylic acid groups (broad SMARTS) is 1. The molecule has 4 nitrogen and oxygen atoms in total. The minimum absolute atomic E-state index is 0.156. The van der Waals surface area contributed by atoms with Crippen LogP contribution in [-0.4, -0.2) is 23.2 Å². The van der Waals surface area contributed by atoms with Crippen molar-refractivity contribution < 1.29 is 14.6 Å². The Kier molecular flexibility index (Phi) is 5.83. The zero-order chi connectivity index (χ0) is 16.1. The van der Waals surface area contributed by atoms with Crippen LogP contribution in [0.15, 0.2) is 24.3 Å². The molecule has 122 valence electrons. The molecule has 0 aromatic heterocycles. The SMILES string of the molecule is CC(C)Oc1cccc(C(C)NC2CCC(C(=O)O)CC2)c1. The highest BCUT2D eigenvalue weighted by molar-refractivity contribution is 5.70.